The number of oxime groups is 1. The summed E-state index contributed by atoms with van der Waals surface area (Å²) in [4.78, 5) is 5.81. The van der Waals surface area contributed by atoms with E-state index in [0.717, 1.165) is 0 Å². The first-order valence-corrected chi connectivity index (χ1v) is 6.00. The molecule has 1 aromatic carbocycles. The zero-order valence-electron chi connectivity index (χ0n) is 11.0. The van der Waals surface area contributed by atoms with Gasteiger partial charge in [0.05, 0.1) is 11.9 Å². The molecule has 0 fully saturated rings. The van der Waals surface area contributed by atoms with Crippen LogP contribution in [0.1, 0.15) is 11.1 Å². The summed E-state index contributed by atoms with van der Waals surface area (Å²) >= 11 is 0. The molecule has 1 heterocycles. The van der Waals surface area contributed by atoms with Crippen LogP contribution in [0, 0.1) is 5.82 Å². The molecule has 0 spiro atoms. The van der Waals surface area contributed by atoms with Crippen molar-refractivity contribution < 1.29 is 9.60 Å². The molecular weight excluding hydrogens is 259 g/mol. The Balaban J connectivity index is 2.30. The van der Waals surface area contributed by atoms with Crippen molar-refractivity contribution in [2.45, 2.75) is 6.54 Å². The van der Waals surface area contributed by atoms with Crippen molar-refractivity contribution in [3.8, 4) is 0 Å². The maximum absolute atomic E-state index is 13.7. The lowest BCUT2D eigenvalue weighted by atomic mass is 10.1. The third kappa shape index (κ3) is 2.85. The van der Waals surface area contributed by atoms with Gasteiger partial charge in [0.15, 0.2) is 5.84 Å². The molecule has 104 valence electrons. The summed E-state index contributed by atoms with van der Waals surface area (Å²) in [5.41, 5.74) is 7.39. The summed E-state index contributed by atoms with van der Waals surface area (Å²) in [6.45, 7) is 0.351. The molecular formula is C14H15FN4O. The number of benzene rings is 1. The van der Waals surface area contributed by atoms with Gasteiger partial charge in [0.2, 0.25) is 0 Å². The monoisotopic (exact) mass is 274 g/mol. The molecule has 0 atom stereocenters. The van der Waals surface area contributed by atoms with Crippen LogP contribution < -0.4 is 10.6 Å². The van der Waals surface area contributed by atoms with Gasteiger partial charge >= 0.3 is 0 Å². The normalized spacial score (nSPS) is 11.4. The number of hydrogen-bond acceptors (Lipinski definition) is 4. The molecule has 0 bridgehead atoms. The summed E-state index contributed by atoms with van der Waals surface area (Å²) in [7, 11) is 1.79. The fraction of sp³-hybridized carbons (Fsp3) is 0.143. The summed E-state index contributed by atoms with van der Waals surface area (Å²) < 4.78 is 13.7. The first-order chi connectivity index (χ1) is 9.63. The summed E-state index contributed by atoms with van der Waals surface area (Å²) in [5, 5.41) is 11.8. The highest BCUT2D eigenvalue weighted by Crippen LogP contribution is 2.20. The van der Waals surface area contributed by atoms with E-state index < -0.39 is 0 Å². The number of aromatic nitrogens is 1. The van der Waals surface area contributed by atoms with Crippen LogP contribution in [-0.4, -0.2) is 23.1 Å². The lowest BCUT2D eigenvalue weighted by molar-refractivity contribution is 0.318. The molecule has 0 amide bonds. The second-order valence-corrected chi connectivity index (χ2v) is 4.33. The summed E-state index contributed by atoms with van der Waals surface area (Å²) in [6, 6.07) is 8.19. The van der Waals surface area contributed by atoms with Gasteiger partial charge in [-0.25, -0.2) is 4.39 Å². The zero-order valence-corrected chi connectivity index (χ0v) is 11.0. The highest BCUT2D eigenvalue weighted by atomic mass is 19.1. The Morgan fingerprint density at radius 1 is 1.40 bits per heavy atom. The minimum Gasteiger partial charge on any atom is -0.409 e. The second-order valence-electron chi connectivity index (χ2n) is 4.33. The number of nitrogens with two attached hydrogens (primary N) is 1. The highest BCUT2D eigenvalue weighted by molar-refractivity contribution is 6.01. The van der Waals surface area contributed by atoms with Crippen molar-refractivity contribution in [3.05, 3.63) is 59.7 Å². The van der Waals surface area contributed by atoms with Gasteiger partial charge in [0, 0.05) is 30.9 Å². The van der Waals surface area contributed by atoms with Crippen molar-refractivity contribution in [2.24, 2.45) is 10.9 Å². The van der Waals surface area contributed by atoms with Crippen molar-refractivity contribution in [3.63, 3.8) is 0 Å². The topological polar surface area (TPSA) is 74.7 Å². The van der Waals surface area contributed by atoms with E-state index in [0.29, 0.717) is 23.4 Å². The molecule has 6 heteroatoms. The van der Waals surface area contributed by atoms with Crippen molar-refractivity contribution >= 4 is 11.5 Å². The van der Waals surface area contributed by atoms with Gasteiger partial charge in [-0.15, -0.1) is 0 Å². The van der Waals surface area contributed by atoms with Gasteiger partial charge in [-0.3, -0.25) is 4.98 Å². The van der Waals surface area contributed by atoms with Gasteiger partial charge in [-0.05, 0) is 12.1 Å². The van der Waals surface area contributed by atoms with Crippen LogP contribution in [0.3, 0.4) is 0 Å². The van der Waals surface area contributed by atoms with Gasteiger partial charge in [0.1, 0.15) is 5.82 Å². The first-order valence-electron chi connectivity index (χ1n) is 6.00. The maximum atomic E-state index is 13.7. The van der Waals surface area contributed by atoms with Gasteiger partial charge < -0.3 is 15.8 Å². The fourth-order valence-electron chi connectivity index (χ4n) is 1.93. The number of halogens is 1. The number of anilines is 1. The summed E-state index contributed by atoms with van der Waals surface area (Å²) in [6.07, 6.45) is 3.14. The molecule has 2 aromatic rings. The average Bonchev–Trinajstić information content (AvgIpc) is 2.48. The lowest BCUT2D eigenvalue weighted by Gasteiger charge is -2.21. The molecule has 0 aliphatic heterocycles. The van der Waals surface area contributed by atoms with Crippen LogP contribution in [0.4, 0.5) is 10.1 Å². The zero-order chi connectivity index (χ0) is 14.5. The average molecular weight is 274 g/mol. The van der Waals surface area contributed by atoms with Crippen LogP contribution in [-0.2, 0) is 6.54 Å². The SMILES string of the molecule is CN(Cc1ccccc1F)c1cnccc1/C(N)=N/O. The number of pyridine rings is 1. The van der Waals surface area contributed by atoms with E-state index in [4.69, 9.17) is 10.9 Å². The van der Waals surface area contributed by atoms with Crippen LogP contribution in [0.5, 0.6) is 0 Å². The maximum Gasteiger partial charge on any atom is 0.172 e. The number of amidine groups is 1. The standard InChI is InChI=1S/C14H15FN4O/c1-19(9-10-4-2-3-5-12(10)15)13-8-17-7-6-11(13)14(16)18-20/h2-8,20H,9H2,1H3,(H2,16,18). The van der Waals surface area contributed by atoms with Crippen LogP contribution in [0.15, 0.2) is 47.9 Å². The molecule has 20 heavy (non-hydrogen) atoms. The largest absolute Gasteiger partial charge is 0.409 e. The summed E-state index contributed by atoms with van der Waals surface area (Å²) in [5.74, 6) is -0.281. The van der Waals surface area contributed by atoms with E-state index >= 15 is 0 Å². The molecule has 0 saturated heterocycles. The molecule has 0 aliphatic carbocycles. The van der Waals surface area contributed by atoms with Crippen molar-refractivity contribution in [2.75, 3.05) is 11.9 Å². The molecule has 0 aliphatic rings. The van der Waals surface area contributed by atoms with Gasteiger partial charge in [-0.2, -0.15) is 0 Å². The Kier molecular flexibility index (Phi) is 4.14. The quantitative estimate of drug-likeness (QED) is 0.387. The molecule has 2 rings (SSSR count). The Morgan fingerprint density at radius 2 is 2.15 bits per heavy atom. The fourth-order valence-corrected chi connectivity index (χ4v) is 1.93. The molecule has 0 saturated carbocycles. The van der Waals surface area contributed by atoms with E-state index in [1.54, 1.807) is 48.6 Å². The Bertz CT molecular complexity index is 630. The molecule has 5 nitrogen and oxygen atoms in total. The van der Waals surface area contributed by atoms with E-state index in [1.165, 1.54) is 6.07 Å². The van der Waals surface area contributed by atoms with E-state index in [2.05, 4.69) is 10.1 Å². The number of hydrogen-bond donors (Lipinski definition) is 2. The van der Waals surface area contributed by atoms with E-state index in [-0.39, 0.29) is 11.7 Å². The number of nitrogens with zero attached hydrogens (tertiary/aromatic N) is 3. The highest BCUT2D eigenvalue weighted by Gasteiger charge is 2.12. The molecule has 0 radical (unpaired) electrons. The van der Waals surface area contributed by atoms with Crippen molar-refractivity contribution in [1.82, 2.24) is 4.98 Å². The van der Waals surface area contributed by atoms with Crippen LogP contribution in [0.2, 0.25) is 0 Å². The Labute approximate surface area is 116 Å². The minimum absolute atomic E-state index is 0.0113. The minimum atomic E-state index is -0.270. The van der Waals surface area contributed by atoms with Gasteiger partial charge in [-0.1, -0.05) is 23.4 Å². The molecule has 1 aromatic heterocycles. The van der Waals surface area contributed by atoms with Crippen LogP contribution >= 0.6 is 0 Å². The molecule has 0 unspecified atom stereocenters. The predicted molar refractivity (Wildman–Crippen MR) is 75.3 cm³/mol. The molecule has 3 N–H and O–H groups in total. The van der Waals surface area contributed by atoms with Crippen LogP contribution in [0.25, 0.3) is 0 Å². The third-order valence-electron chi connectivity index (χ3n) is 2.96. The Hall–Kier alpha value is -2.63. The first kappa shape index (κ1) is 13.8. The predicted octanol–water partition coefficient (Wildman–Crippen LogP) is 1.95. The number of rotatable bonds is 4. The Morgan fingerprint density at radius 3 is 2.85 bits per heavy atom. The van der Waals surface area contributed by atoms with E-state index in [9.17, 15) is 4.39 Å². The van der Waals surface area contributed by atoms with E-state index in [1.807, 2.05) is 0 Å². The third-order valence-corrected chi connectivity index (χ3v) is 2.96. The lowest BCUT2D eigenvalue weighted by Crippen LogP contribution is -2.23. The second kappa shape index (κ2) is 6.01. The van der Waals surface area contributed by atoms with Crippen molar-refractivity contribution in [1.29, 1.82) is 0 Å². The smallest absolute Gasteiger partial charge is 0.172 e. The van der Waals surface area contributed by atoms with Gasteiger partial charge in [0.25, 0.3) is 0 Å².